The number of likely N-dealkylation sites (tertiary alicyclic amines) is 1. The third-order valence-electron chi connectivity index (χ3n) is 5.31. The van der Waals surface area contributed by atoms with E-state index in [0.717, 1.165) is 49.2 Å². The Kier molecular flexibility index (Phi) is 8.97. The predicted molar refractivity (Wildman–Crippen MR) is 114 cm³/mol. The summed E-state index contributed by atoms with van der Waals surface area (Å²) in [6.07, 6.45) is 7.67. The van der Waals surface area contributed by atoms with Crippen LogP contribution in [-0.4, -0.2) is 57.3 Å². The zero-order chi connectivity index (χ0) is 20.6. The summed E-state index contributed by atoms with van der Waals surface area (Å²) >= 11 is 0. The topological polar surface area (TPSA) is 40.9 Å². The van der Waals surface area contributed by atoms with Crippen LogP contribution in [0.5, 0.6) is 0 Å². The Morgan fingerprint density at radius 2 is 1.96 bits per heavy atom. The number of hydrogen-bond donors (Lipinski definition) is 0. The molecule has 3 rings (SSSR count). The maximum Gasteiger partial charge on any atom is 0.256 e. The average molecular weight is 375 g/mol. The average Bonchev–Trinajstić information content (AvgIpc) is 3.14. The summed E-state index contributed by atoms with van der Waals surface area (Å²) in [6, 6.07) is 1.98. The van der Waals surface area contributed by atoms with Crippen molar-refractivity contribution in [2.75, 3.05) is 26.7 Å². The molecule has 1 aliphatic rings. The van der Waals surface area contributed by atoms with E-state index in [0.29, 0.717) is 0 Å². The van der Waals surface area contributed by atoms with E-state index in [-0.39, 0.29) is 11.4 Å². The lowest BCUT2D eigenvalue weighted by atomic mass is 9.82. The molecular formula is C22H38N4O. The number of carbonyl (C=O) groups excluding carboxylic acids is 1. The van der Waals surface area contributed by atoms with Gasteiger partial charge in [-0.05, 0) is 51.9 Å². The van der Waals surface area contributed by atoms with Gasteiger partial charge in [-0.1, -0.05) is 34.6 Å². The minimum absolute atomic E-state index is 0.0170. The van der Waals surface area contributed by atoms with Gasteiger partial charge in [-0.25, -0.2) is 4.98 Å². The Labute approximate surface area is 165 Å². The van der Waals surface area contributed by atoms with Crippen molar-refractivity contribution in [3.05, 3.63) is 35.8 Å². The summed E-state index contributed by atoms with van der Waals surface area (Å²) in [5, 5.41) is 0. The number of aromatic nitrogens is 2. The van der Waals surface area contributed by atoms with E-state index < -0.39 is 0 Å². The molecule has 2 aromatic heterocycles. The van der Waals surface area contributed by atoms with E-state index in [4.69, 9.17) is 0 Å². The molecule has 0 radical (unpaired) electrons. The molecule has 0 N–H and O–H groups in total. The molecule has 1 atom stereocenters. The molecular weight excluding hydrogens is 336 g/mol. The largest absolute Gasteiger partial charge is 0.333 e. The summed E-state index contributed by atoms with van der Waals surface area (Å²) < 4.78 is 1.92. The second-order valence-electron chi connectivity index (χ2n) is 6.91. The van der Waals surface area contributed by atoms with Crippen molar-refractivity contribution in [3.8, 4) is 0 Å². The molecule has 1 amide bonds. The van der Waals surface area contributed by atoms with Crippen LogP contribution in [0.15, 0.2) is 24.7 Å². The first-order valence-electron chi connectivity index (χ1n) is 10.4. The molecule has 5 nitrogen and oxygen atoms in total. The lowest BCUT2D eigenvalue weighted by Gasteiger charge is -2.51. The van der Waals surface area contributed by atoms with Crippen LogP contribution in [0.25, 0.3) is 5.65 Å². The zero-order valence-corrected chi connectivity index (χ0v) is 18.5. The number of fused-ring (bicyclic) bond motifs is 1. The number of aryl methyl sites for hydroxylation is 1. The van der Waals surface area contributed by atoms with Gasteiger partial charge in [0, 0.05) is 37.2 Å². The molecule has 5 heteroatoms. The van der Waals surface area contributed by atoms with Crippen LogP contribution in [-0.2, 0) is 0 Å². The van der Waals surface area contributed by atoms with Crippen molar-refractivity contribution < 1.29 is 4.79 Å². The van der Waals surface area contributed by atoms with Crippen LogP contribution >= 0.6 is 0 Å². The maximum atomic E-state index is 13.0. The fraction of sp³-hybridized carbons (Fsp3) is 0.636. The van der Waals surface area contributed by atoms with E-state index in [1.165, 1.54) is 0 Å². The number of rotatable bonds is 5. The van der Waals surface area contributed by atoms with Crippen LogP contribution in [0.1, 0.15) is 70.3 Å². The highest BCUT2D eigenvalue weighted by Gasteiger charge is 2.43. The van der Waals surface area contributed by atoms with E-state index in [9.17, 15) is 4.79 Å². The normalized spacial score (nSPS) is 18.3. The molecule has 0 bridgehead atoms. The first-order chi connectivity index (χ1) is 12.9. The third kappa shape index (κ3) is 5.10. The van der Waals surface area contributed by atoms with Gasteiger partial charge in [-0.3, -0.25) is 4.79 Å². The van der Waals surface area contributed by atoms with Gasteiger partial charge >= 0.3 is 0 Å². The van der Waals surface area contributed by atoms with Gasteiger partial charge in [-0.15, -0.1) is 0 Å². The third-order valence-corrected chi connectivity index (χ3v) is 5.31. The first kappa shape index (κ1) is 23.2. The fourth-order valence-corrected chi connectivity index (χ4v) is 3.23. The molecule has 0 aromatic carbocycles. The summed E-state index contributed by atoms with van der Waals surface area (Å²) in [5.41, 5.74) is 2.64. The molecule has 3 heterocycles. The molecule has 0 saturated carbocycles. The van der Waals surface area contributed by atoms with Crippen molar-refractivity contribution >= 4 is 11.6 Å². The highest BCUT2D eigenvalue weighted by molar-refractivity contribution is 5.96. The highest BCUT2D eigenvalue weighted by Crippen LogP contribution is 2.35. The number of amides is 1. The van der Waals surface area contributed by atoms with Crippen LogP contribution < -0.4 is 0 Å². The molecule has 27 heavy (non-hydrogen) atoms. The van der Waals surface area contributed by atoms with Gasteiger partial charge in [0.1, 0.15) is 5.65 Å². The monoisotopic (exact) mass is 374 g/mol. The van der Waals surface area contributed by atoms with E-state index in [2.05, 4.69) is 30.8 Å². The van der Waals surface area contributed by atoms with Crippen molar-refractivity contribution in [1.29, 1.82) is 0 Å². The molecule has 152 valence electrons. The number of nitrogens with zero attached hydrogens (tertiary/aromatic N) is 4. The second-order valence-corrected chi connectivity index (χ2v) is 6.91. The van der Waals surface area contributed by atoms with Gasteiger partial charge in [0.05, 0.1) is 5.56 Å². The van der Waals surface area contributed by atoms with Crippen molar-refractivity contribution in [2.45, 2.75) is 66.8 Å². The lowest BCUT2D eigenvalue weighted by Crippen LogP contribution is -2.61. The van der Waals surface area contributed by atoms with Crippen molar-refractivity contribution in [1.82, 2.24) is 19.2 Å². The Balaban J connectivity index is 0.000000855. The molecule has 1 aliphatic heterocycles. The maximum absolute atomic E-state index is 13.0. The molecule has 0 spiro atoms. The Bertz CT molecular complexity index is 724. The van der Waals surface area contributed by atoms with Crippen LogP contribution in [0.2, 0.25) is 0 Å². The summed E-state index contributed by atoms with van der Waals surface area (Å²) in [7, 11) is 2.13. The summed E-state index contributed by atoms with van der Waals surface area (Å²) in [4.78, 5) is 21.6. The second kappa shape index (κ2) is 10.5. The lowest BCUT2D eigenvalue weighted by molar-refractivity contribution is -0.00108. The molecule has 1 saturated heterocycles. The van der Waals surface area contributed by atoms with E-state index >= 15 is 0 Å². The van der Waals surface area contributed by atoms with Crippen molar-refractivity contribution in [2.24, 2.45) is 0 Å². The van der Waals surface area contributed by atoms with E-state index in [1.54, 1.807) is 6.20 Å². The number of imidazole rings is 1. The molecule has 1 unspecified atom stereocenters. The SMILES string of the molecule is CC.CC.CCN(C)CCC1(C)CCN1C(=O)c1cn2ccnc2cc1C. The number of carbonyl (C=O) groups is 1. The number of pyridine rings is 1. The summed E-state index contributed by atoms with van der Waals surface area (Å²) in [5.74, 6) is 0.144. The Morgan fingerprint density at radius 3 is 2.52 bits per heavy atom. The van der Waals surface area contributed by atoms with Crippen LogP contribution in [0.4, 0.5) is 0 Å². The zero-order valence-electron chi connectivity index (χ0n) is 18.5. The number of hydrogen-bond acceptors (Lipinski definition) is 3. The van der Waals surface area contributed by atoms with Gasteiger partial charge in [-0.2, -0.15) is 0 Å². The molecule has 1 fully saturated rings. The first-order valence-corrected chi connectivity index (χ1v) is 10.4. The van der Waals surface area contributed by atoms with Crippen LogP contribution in [0.3, 0.4) is 0 Å². The standard InChI is InChI=1S/C18H26N4O.2C2H6/c1-5-20(4)9-6-18(3)7-10-22(18)17(23)15-13-21-11-8-19-16(21)12-14(15)2;2*1-2/h8,11-13H,5-7,9-10H2,1-4H3;2*1-2H3. The summed E-state index contributed by atoms with van der Waals surface area (Å²) in [6.45, 7) is 17.3. The molecule has 0 aliphatic carbocycles. The quantitative estimate of drug-likeness (QED) is 0.765. The van der Waals surface area contributed by atoms with E-state index in [1.807, 2.05) is 62.4 Å². The smallest absolute Gasteiger partial charge is 0.256 e. The molecule has 2 aromatic rings. The minimum Gasteiger partial charge on any atom is -0.333 e. The van der Waals surface area contributed by atoms with Gasteiger partial charge in [0.2, 0.25) is 0 Å². The minimum atomic E-state index is -0.0170. The Morgan fingerprint density at radius 1 is 1.30 bits per heavy atom. The Hall–Kier alpha value is -1.88. The van der Waals surface area contributed by atoms with Crippen molar-refractivity contribution in [3.63, 3.8) is 0 Å². The predicted octanol–water partition coefficient (Wildman–Crippen LogP) is 4.64. The highest BCUT2D eigenvalue weighted by atomic mass is 16.2. The van der Waals surface area contributed by atoms with Gasteiger partial charge in [0.15, 0.2) is 0 Å². The van der Waals surface area contributed by atoms with Gasteiger partial charge < -0.3 is 14.2 Å². The fourth-order valence-electron chi connectivity index (χ4n) is 3.23. The van der Waals surface area contributed by atoms with Crippen LogP contribution in [0, 0.1) is 6.92 Å². The van der Waals surface area contributed by atoms with Gasteiger partial charge in [0.25, 0.3) is 5.91 Å².